The van der Waals surface area contributed by atoms with E-state index in [9.17, 15) is 18.0 Å². The molecule has 0 radical (unpaired) electrons. The Kier molecular flexibility index (Phi) is 6.26. The highest BCUT2D eigenvalue weighted by Gasteiger charge is 2.32. The predicted octanol–water partition coefficient (Wildman–Crippen LogP) is 4.82. The monoisotopic (exact) mass is 467 g/mol. The fourth-order valence-corrected chi connectivity index (χ4v) is 3.28. The van der Waals surface area contributed by atoms with Gasteiger partial charge < -0.3 is 15.6 Å². The van der Waals surface area contributed by atoms with Gasteiger partial charge in [-0.3, -0.25) is 9.78 Å². The summed E-state index contributed by atoms with van der Waals surface area (Å²) >= 11 is 0. The van der Waals surface area contributed by atoms with Crippen molar-refractivity contribution in [2.75, 3.05) is 5.32 Å². The van der Waals surface area contributed by atoms with Crippen molar-refractivity contribution in [2.45, 2.75) is 26.1 Å². The molecule has 0 aliphatic heterocycles. The van der Waals surface area contributed by atoms with Crippen LogP contribution in [0.1, 0.15) is 40.4 Å². The molecule has 0 saturated carbocycles. The minimum Gasteiger partial charge on any atom is -0.347 e. The standard InChI is InChI=1S/C23H20F3N7O/c1-13-7-16(9-17(8-13)32-22-28-6-5-20(33-22)23(24,25)26)15-3-4-18(29-10-15)21(34)31-14(2)19-11-27-12-30-19/h3-12,14H,1-2H3,(H,27,30)(H,31,34)(H,28,32,33). The van der Waals surface area contributed by atoms with E-state index in [1.54, 1.807) is 36.7 Å². The molecule has 8 nitrogen and oxygen atoms in total. The quantitative estimate of drug-likeness (QED) is 0.375. The SMILES string of the molecule is Cc1cc(Nc2nccc(C(F)(F)F)n2)cc(-c2ccc(C(=O)NC(C)c3cnc[nH]3)nc2)c1. The number of amides is 1. The van der Waals surface area contributed by atoms with Gasteiger partial charge in [-0.2, -0.15) is 13.2 Å². The van der Waals surface area contributed by atoms with Crippen molar-refractivity contribution in [3.8, 4) is 11.1 Å². The number of aryl methyl sites for hydroxylation is 1. The lowest BCUT2D eigenvalue weighted by atomic mass is 10.0. The number of anilines is 2. The summed E-state index contributed by atoms with van der Waals surface area (Å²) in [5.74, 6) is -0.496. The van der Waals surface area contributed by atoms with Crippen LogP contribution in [0.5, 0.6) is 0 Å². The molecule has 0 saturated heterocycles. The second-order valence-corrected chi connectivity index (χ2v) is 7.61. The summed E-state index contributed by atoms with van der Waals surface area (Å²) in [6.07, 6.45) is 1.22. The molecule has 34 heavy (non-hydrogen) atoms. The van der Waals surface area contributed by atoms with E-state index in [2.05, 4.69) is 35.6 Å². The molecule has 4 aromatic rings. The van der Waals surface area contributed by atoms with Crippen molar-refractivity contribution in [2.24, 2.45) is 0 Å². The highest BCUT2D eigenvalue weighted by atomic mass is 19.4. The third kappa shape index (κ3) is 5.37. The number of carbonyl (C=O) groups is 1. The maximum Gasteiger partial charge on any atom is 0.433 e. The van der Waals surface area contributed by atoms with Crippen molar-refractivity contribution >= 4 is 17.5 Å². The zero-order valence-corrected chi connectivity index (χ0v) is 18.2. The first-order valence-corrected chi connectivity index (χ1v) is 10.2. The molecule has 1 atom stereocenters. The molecule has 174 valence electrons. The average molecular weight is 467 g/mol. The largest absolute Gasteiger partial charge is 0.433 e. The van der Waals surface area contributed by atoms with Crippen LogP contribution in [-0.4, -0.2) is 30.8 Å². The number of hydrogen-bond donors (Lipinski definition) is 3. The average Bonchev–Trinajstić information content (AvgIpc) is 3.34. The van der Waals surface area contributed by atoms with Gasteiger partial charge in [0.15, 0.2) is 0 Å². The van der Waals surface area contributed by atoms with Gasteiger partial charge in [0.25, 0.3) is 5.91 Å². The Morgan fingerprint density at radius 1 is 1.06 bits per heavy atom. The smallest absolute Gasteiger partial charge is 0.347 e. The molecule has 3 heterocycles. The molecular weight excluding hydrogens is 447 g/mol. The molecular formula is C23H20F3N7O. The third-order valence-electron chi connectivity index (χ3n) is 4.94. The number of nitrogens with one attached hydrogen (secondary N) is 3. The van der Waals surface area contributed by atoms with Gasteiger partial charge in [0.1, 0.15) is 11.4 Å². The first kappa shape index (κ1) is 22.9. The number of carbonyl (C=O) groups excluding carboxylic acids is 1. The number of aromatic amines is 1. The number of aromatic nitrogens is 5. The Hall–Kier alpha value is -4.28. The lowest BCUT2D eigenvalue weighted by molar-refractivity contribution is -0.141. The minimum absolute atomic E-state index is 0.164. The van der Waals surface area contributed by atoms with E-state index in [1.165, 1.54) is 6.33 Å². The number of halogens is 3. The number of H-pyrrole nitrogens is 1. The number of benzene rings is 1. The van der Waals surface area contributed by atoms with Crippen molar-refractivity contribution < 1.29 is 18.0 Å². The van der Waals surface area contributed by atoms with Crippen molar-refractivity contribution in [1.82, 2.24) is 30.2 Å². The second kappa shape index (κ2) is 9.30. The Bertz CT molecular complexity index is 1290. The Morgan fingerprint density at radius 3 is 2.56 bits per heavy atom. The highest BCUT2D eigenvalue weighted by Crippen LogP contribution is 2.29. The van der Waals surface area contributed by atoms with Gasteiger partial charge in [-0.05, 0) is 49.2 Å². The molecule has 3 aromatic heterocycles. The third-order valence-corrected chi connectivity index (χ3v) is 4.94. The van der Waals surface area contributed by atoms with E-state index < -0.39 is 11.9 Å². The zero-order valence-electron chi connectivity index (χ0n) is 18.2. The van der Waals surface area contributed by atoms with Crippen molar-refractivity contribution in [3.05, 3.63) is 84.0 Å². The van der Waals surface area contributed by atoms with Crippen LogP contribution in [0.3, 0.4) is 0 Å². The maximum absolute atomic E-state index is 12.9. The molecule has 1 unspecified atom stereocenters. The van der Waals surface area contributed by atoms with Gasteiger partial charge in [-0.25, -0.2) is 15.0 Å². The molecule has 0 aliphatic carbocycles. The fraction of sp³-hybridized carbons (Fsp3) is 0.174. The first-order chi connectivity index (χ1) is 16.2. The molecule has 0 fully saturated rings. The van der Waals surface area contributed by atoms with Crippen LogP contribution >= 0.6 is 0 Å². The van der Waals surface area contributed by atoms with Gasteiger partial charge in [0, 0.05) is 23.6 Å². The summed E-state index contributed by atoms with van der Waals surface area (Å²) in [5, 5.41) is 5.66. The van der Waals surface area contributed by atoms with Gasteiger partial charge in [0.2, 0.25) is 5.95 Å². The Balaban J connectivity index is 1.51. The van der Waals surface area contributed by atoms with Crippen LogP contribution in [0.4, 0.5) is 24.8 Å². The van der Waals surface area contributed by atoms with Crippen LogP contribution in [0, 0.1) is 6.92 Å². The highest BCUT2D eigenvalue weighted by molar-refractivity contribution is 5.92. The summed E-state index contributed by atoms with van der Waals surface area (Å²) in [7, 11) is 0. The van der Waals surface area contributed by atoms with E-state index in [4.69, 9.17) is 0 Å². The first-order valence-electron chi connectivity index (χ1n) is 10.2. The summed E-state index contributed by atoms with van der Waals surface area (Å²) < 4.78 is 38.8. The number of pyridine rings is 1. The summed E-state index contributed by atoms with van der Waals surface area (Å²) in [4.78, 5) is 31.0. The van der Waals surface area contributed by atoms with E-state index in [0.29, 0.717) is 5.69 Å². The molecule has 1 aromatic carbocycles. The topological polar surface area (TPSA) is 108 Å². The van der Waals surface area contributed by atoms with Crippen molar-refractivity contribution in [1.29, 1.82) is 0 Å². The molecule has 0 bridgehead atoms. The summed E-state index contributed by atoms with van der Waals surface area (Å²) in [6.45, 7) is 3.68. The van der Waals surface area contributed by atoms with Gasteiger partial charge in [0.05, 0.1) is 24.3 Å². The van der Waals surface area contributed by atoms with Crippen LogP contribution in [0.25, 0.3) is 11.1 Å². The Morgan fingerprint density at radius 2 is 1.88 bits per heavy atom. The number of alkyl halides is 3. The van der Waals surface area contributed by atoms with Crippen LogP contribution in [0.15, 0.2) is 61.3 Å². The maximum atomic E-state index is 12.9. The second-order valence-electron chi connectivity index (χ2n) is 7.61. The number of imidazole rings is 1. The predicted molar refractivity (Wildman–Crippen MR) is 119 cm³/mol. The van der Waals surface area contributed by atoms with E-state index >= 15 is 0 Å². The molecule has 11 heteroatoms. The molecule has 1 amide bonds. The lowest BCUT2D eigenvalue weighted by Gasteiger charge is -2.12. The minimum atomic E-state index is -4.56. The summed E-state index contributed by atoms with van der Waals surface area (Å²) in [5.41, 5.74) is 2.87. The van der Waals surface area contributed by atoms with Crippen LogP contribution < -0.4 is 10.6 Å². The van der Waals surface area contributed by atoms with Gasteiger partial charge >= 0.3 is 6.18 Å². The van der Waals surface area contributed by atoms with Crippen molar-refractivity contribution in [3.63, 3.8) is 0 Å². The zero-order chi connectivity index (χ0) is 24.3. The summed E-state index contributed by atoms with van der Waals surface area (Å²) in [6, 6.07) is 9.31. The fourth-order valence-electron chi connectivity index (χ4n) is 3.28. The molecule has 0 spiro atoms. The van der Waals surface area contributed by atoms with Crippen LogP contribution in [-0.2, 0) is 6.18 Å². The molecule has 0 aliphatic rings. The lowest BCUT2D eigenvalue weighted by Crippen LogP contribution is -2.27. The molecule has 3 N–H and O–H groups in total. The number of nitrogens with zero attached hydrogens (tertiary/aromatic N) is 4. The van der Waals surface area contributed by atoms with Gasteiger partial charge in [-0.15, -0.1) is 0 Å². The number of hydrogen-bond acceptors (Lipinski definition) is 6. The van der Waals surface area contributed by atoms with E-state index in [0.717, 1.165) is 34.6 Å². The Labute approximate surface area is 192 Å². The normalized spacial score (nSPS) is 12.3. The number of rotatable bonds is 6. The van der Waals surface area contributed by atoms with E-state index in [-0.39, 0.29) is 23.6 Å². The van der Waals surface area contributed by atoms with Crippen LogP contribution in [0.2, 0.25) is 0 Å². The van der Waals surface area contributed by atoms with Gasteiger partial charge in [-0.1, -0.05) is 12.1 Å². The van der Waals surface area contributed by atoms with E-state index in [1.807, 2.05) is 19.9 Å². The molecule has 4 rings (SSSR count).